The first-order valence-electron chi connectivity index (χ1n) is 8.97. The normalized spacial score (nSPS) is 18.5. The number of likely N-dealkylation sites (tertiary alicyclic amines) is 1. The Kier molecular flexibility index (Phi) is 4.30. The van der Waals surface area contributed by atoms with E-state index in [0.29, 0.717) is 17.0 Å². The summed E-state index contributed by atoms with van der Waals surface area (Å²) < 4.78 is 5.67. The topological polar surface area (TPSA) is 54.5 Å². The third kappa shape index (κ3) is 3.60. The molecule has 5 heteroatoms. The van der Waals surface area contributed by atoms with Gasteiger partial charge in [-0.15, -0.1) is 0 Å². The van der Waals surface area contributed by atoms with Gasteiger partial charge < -0.3 is 15.0 Å². The number of benzene rings is 1. The number of hydrogen-bond acceptors (Lipinski definition) is 3. The summed E-state index contributed by atoms with van der Waals surface area (Å²) in [5.74, 6) is 1.25. The second kappa shape index (κ2) is 6.75. The molecular formula is C20H23N3O2. The lowest BCUT2D eigenvalue weighted by Gasteiger charge is -2.23. The first-order chi connectivity index (χ1) is 12.2. The SMILES string of the molecule is O=C(Nc1ccc(Oc2ccccc2)nc1)N1CCC2(CCCC2)C1. The van der Waals surface area contributed by atoms with Crippen LogP contribution in [0.2, 0.25) is 0 Å². The summed E-state index contributed by atoms with van der Waals surface area (Å²) in [5, 5.41) is 2.95. The predicted molar refractivity (Wildman–Crippen MR) is 96.9 cm³/mol. The molecule has 130 valence electrons. The molecule has 2 aromatic rings. The maximum absolute atomic E-state index is 12.5. The fourth-order valence-electron chi connectivity index (χ4n) is 3.97. The summed E-state index contributed by atoms with van der Waals surface area (Å²) in [4.78, 5) is 18.7. The molecule has 1 N–H and O–H groups in total. The highest BCUT2D eigenvalue weighted by Gasteiger charge is 2.41. The van der Waals surface area contributed by atoms with Crippen LogP contribution < -0.4 is 10.1 Å². The molecule has 1 saturated carbocycles. The maximum atomic E-state index is 12.5. The molecule has 2 heterocycles. The number of anilines is 1. The van der Waals surface area contributed by atoms with E-state index >= 15 is 0 Å². The van der Waals surface area contributed by atoms with Crippen molar-refractivity contribution in [3.05, 3.63) is 48.7 Å². The smallest absolute Gasteiger partial charge is 0.321 e. The Balaban J connectivity index is 1.34. The number of rotatable bonds is 3. The predicted octanol–water partition coefficient (Wildman–Crippen LogP) is 4.67. The molecule has 1 aromatic heterocycles. The molecule has 5 nitrogen and oxygen atoms in total. The Bertz CT molecular complexity index is 724. The summed E-state index contributed by atoms with van der Waals surface area (Å²) in [6.45, 7) is 1.75. The van der Waals surface area contributed by atoms with Gasteiger partial charge in [0.2, 0.25) is 5.88 Å². The van der Waals surface area contributed by atoms with E-state index in [2.05, 4.69) is 10.3 Å². The van der Waals surface area contributed by atoms with Crippen LogP contribution in [0.3, 0.4) is 0 Å². The molecule has 0 bridgehead atoms. The lowest BCUT2D eigenvalue weighted by atomic mass is 9.86. The number of carbonyl (C=O) groups is 1. The van der Waals surface area contributed by atoms with Crippen LogP contribution in [-0.2, 0) is 0 Å². The summed E-state index contributed by atoms with van der Waals surface area (Å²) in [7, 11) is 0. The van der Waals surface area contributed by atoms with E-state index in [0.717, 1.165) is 25.3 Å². The van der Waals surface area contributed by atoms with Crippen LogP contribution in [-0.4, -0.2) is 29.0 Å². The number of pyridine rings is 1. The molecule has 0 radical (unpaired) electrons. The zero-order chi connectivity index (χ0) is 17.1. The van der Waals surface area contributed by atoms with Crippen molar-refractivity contribution in [2.45, 2.75) is 32.1 Å². The van der Waals surface area contributed by atoms with Crippen molar-refractivity contribution in [1.29, 1.82) is 0 Å². The van der Waals surface area contributed by atoms with Gasteiger partial charge in [0.15, 0.2) is 0 Å². The van der Waals surface area contributed by atoms with E-state index in [1.807, 2.05) is 41.3 Å². The maximum Gasteiger partial charge on any atom is 0.321 e. The highest BCUT2D eigenvalue weighted by Crippen LogP contribution is 2.45. The van der Waals surface area contributed by atoms with Crippen LogP contribution in [0.1, 0.15) is 32.1 Å². The van der Waals surface area contributed by atoms with Crippen LogP contribution >= 0.6 is 0 Å². The summed E-state index contributed by atoms with van der Waals surface area (Å²) in [6.07, 6.45) is 7.93. The molecule has 2 amide bonds. The Hall–Kier alpha value is -2.56. The summed E-state index contributed by atoms with van der Waals surface area (Å²) in [5.41, 5.74) is 1.08. The number of nitrogens with zero attached hydrogens (tertiary/aromatic N) is 2. The van der Waals surface area contributed by atoms with Gasteiger partial charge in [-0.2, -0.15) is 0 Å². The van der Waals surface area contributed by atoms with Gasteiger partial charge in [0.25, 0.3) is 0 Å². The largest absolute Gasteiger partial charge is 0.439 e. The van der Waals surface area contributed by atoms with Crippen LogP contribution in [0.5, 0.6) is 11.6 Å². The molecule has 1 aliphatic heterocycles. The van der Waals surface area contributed by atoms with Gasteiger partial charge in [0.05, 0.1) is 11.9 Å². The van der Waals surface area contributed by atoms with Crippen molar-refractivity contribution >= 4 is 11.7 Å². The zero-order valence-corrected chi connectivity index (χ0v) is 14.3. The number of amides is 2. The van der Waals surface area contributed by atoms with E-state index in [1.54, 1.807) is 12.3 Å². The van der Waals surface area contributed by atoms with Crippen molar-refractivity contribution < 1.29 is 9.53 Å². The van der Waals surface area contributed by atoms with Crippen molar-refractivity contribution in [3.63, 3.8) is 0 Å². The van der Waals surface area contributed by atoms with Gasteiger partial charge in [0.1, 0.15) is 5.75 Å². The summed E-state index contributed by atoms with van der Waals surface area (Å²) >= 11 is 0. The third-order valence-electron chi connectivity index (χ3n) is 5.34. The van der Waals surface area contributed by atoms with Crippen molar-refractivity contribution in [1.82, 2.24) is 9.88 Å². The Labute approximate surface area is 148 Å². The Morgan fingerprint density at radius 3 is 2.60 bits per heavy atom. The van der Waals surface area contributed by atoms with Gasteiger partial charge in [-0.25, -0.2) is 9.78 Å². The lowest BCUT2D eigenvalue weighted by Crippen LogP contribution is -2.34. The number of para-hydroxylation sites is 1. The van der Waals surface area contributed by atoms with Crippen molar-refractivity contribution in [2.24, 2.45) is 5.41 Å². The van der Waals surface area contributed by atoms with Crippen LogP contribution in [0.4, 0.5) is 10.5 Å². The number of urea groups is 1. The number of ether oxygens (including phenoxy) is 1. The van der Waals surface area contributed by atoms with Crippen LogP contribution in [0.15, 0.2) is 48.7 Å². The van der Waals surface area contributed by atoms with Gasteiger partial charge in [-0.3, -0.25) is 0 Å². The fourth-order valence-corrected chi connectivity index (χ4v) is 3.97. The number of aromatic nitrogens is 1. The molecule has 0 unspecified atom stereocenters. The minimum absolute atomic E-state index is 0.0256. The molecule has 0 atom stereocenters. The van der Waals surface area contributed by atoms with Crippen LogP contribution in [0.25, 0.3) is 0 Å². The van der Waals surface area contributed by atoms with E-state index in [4.69, 9.17) is 4.74 Å². The number of carbonyl (C=O) groups excluding carboxylic acids is 1. The minimum atomic E-state index is -0.0256. The number of nitrogens with one attached hydrogen (secondary N) is 1. The third-order valence-corrected chi connectivity index (χ3v) is 5.34. The highest BCUT2D eigenvalue weighted by molar-refractivity contribution is 5.89. The molecule has 1 saturated heterocycles. The molecule has 2 aliphatic rings. The zero-order valence-electron chi connectivity index (χ0n) is 14.3. The lowest BCUT2D eigenvalue weighted by molar-refractivity contribution is 0.213. The molecular weight excluding hydrogens is 314 g/mol. The molecule has 4 rings (SSSR count). The van der Waals surface area contributed by atoms with E-state index in [-0.39, 0.29) is 6.03 Å². The highest BCUT2D eigenvalue weighted by atomic mass is 16.5. The van der Waals surface area contributed by atoms with Gasteiger partial charge in [-0.1, -0.05) is 31.0 Å². The van der Waals surface area contributed by atoms with Crippen LogP contribution in [0, 0.1) is 5.41 Å². The second-order valence-electron chi connectivity index (χ2n) is 7.11. The van der Waals surface area contributed by atoms with Gasteiger partial charge in [0, 0.05) is 19.2 Å². The molecule has 1 spiro atoms. The quantitative estimate of drug-likeness (QED) is 0.885. The monoisotopic (exact) mass is 337 g/mol. The standard InChI is InChI=1S/C20H23N3O2/c24-19(23-13-12-20(15-23)10-4-5-11-20)22-16-8-9-18(21-14-16)25-17-6-2-1-3-7-17/h1-3,6-9,14H,4-5,10-13,15H2,(H,22,24). The van der Waals surface area contributed by atoms with Gasteiger partial charge >= 0.3 is 6.03 Å². The van der Waals surface area contributed by atoms with Crippen molar-refractivity contribution in [3.8, 4) is 11.6 Å². The number of hydrogen-bond donors (Lipinski definition) is 1. The fraction of sp³-hybridized carbons (Fsp3) is 0.400. The average molecular weight is 337 g/mol. The first-order valence-corrected chi connectivity index (χ1v) is 8.97. The Morgan fingerprint density at radius 1 is 1.08 bits per heavy atom. The second-order valence-corrected chi connectivity index (χ2v) is 7.11. The van der Waals surface area contributed by atoms with E-state index in [1.165, 1.54) is 25.7 Å². The van der Waals surface area contributed by atoms with E-state index in [9.17, 15) is 4.79 Å². The van der Waals surface area contributed by atoms with E-state index < -0.39 is 0 Å². The minimum Gasteiger partial charge on any atom is -0.439 e. The first kappa shape index (κ1) is 15.9. The van der Waals surface area contributed by atoms with Gasteiger partial charge in [-0.05, 0) is 42.9 Å². The molecule has 25 heavy (non-hydrogen) atoms. The molecule has 1 aromatic carbocycles. The molecule has 1 aliphatic carbocycles. The average Bonchev–Trinajstić information content (AvgIpc) is 3.28. The van der Waals surface area contributed by atoms with Crippen molar-refractivity contribution in [2.75, 3.05) is 18.4 Å². The Morgan fingerprint density at radius 2 is 1.88 bits per heavy atom. The summed E-state index contributed by atoms with van der Waals surface area (Å²) in [6, 6.07) is 13.1. The molecule has 2 fully saturated rings.